The van der Waals surface area contributed by atoms with E-state index in [1.165, 1.54) is 19.2 Å². The third-order valence-electron chi connectivity index (χ3n) is 3.66. The van der Waals surface area contributed by atoms with Crippen LogP contribution in [0.15, 0.2) is 12.1 Å². The van der Waals surface area contributed by atoms with Gasteiger partial charge in [-0.05, 0) is 12.8 Å². The lowest BCUT2D eigenvalue weighted by Gasteiger charge is -2.29. The Morgan fingerprint density at radius 2 is 2.15 bits per heavy atom. The van der Waals surface area contributed by atoms with Crippen molar-refractivity contribution in [3.63, 3.8) is 0 Å². The summed E-state index contributed by atoms with van der Waals surface area (Å²) in [5.74, 6) is 0.533. The van der Waals surface area contributed by atoms with Crippen LogP contribution in [0.1, 0.15) is 25.7 Å². The number of pyridine rings is 1. The van der Waals surface area contributed by atoms with Gasteiger partial charge in [0.1, 0.15) is 0 Å². The van der Waals surface area contributed by atoms with E-state index in [0.717, 1.165) is 25.7 Å². The minimum atomic E-state index is -0.784. The molecule has 0 amide bonds. The van der Waals surface area contributed by atoms with Crippen LogP contribution in [0.25, 0.3) is 0 Å². The fourth-order valence-corrected chi connectivity index (χ4v) is 2.67. The number of ether oxygens (including phenoxy) is 1. The van der Waals surface area contributed by atoms with E-state index in [1.807, 2.05) is 0 Å². The van der Waals surface area contributed by atoms with Crippen molar-refractivity contribution < 1.29 is 14.8 Å². The fraction of sp³-hybridized carbons (Fsp3) is 0.615. The molecule has 0 saturated heterocycles. The first kappa shape index (κ1) is 14.5. The van der Waals surface area contributed by atoms with Gasteiger partial charge in [0.2, 0.25) is 11.7 Å². The fourth-order valence-electron chi connectivity index (χ4n) is 2.67. The van der Waals surface area contributed by atoms with Crippen molar-refractivity contribution in [2.45, 2.75) is 31.3 Å². The average molecular weight is 281 g/mol. The largest absolute Gasteiger partial charge is 0.481 e. The van der Waals surface area contributed by atoms with Gasteiger partial charge >= 0.3 is 5.69 Å². The molecule has 1 aliphatic carbocycles. The van der Waals surface area contributed by atoms with Gasteiger partial charge in [0.05, 0.1) is 17.6 Å². The smallest absolute Gasteiger partial charge is 0.311 e. The lowest BCUT2D eigenvalue weighted by Crippen LogP contribution is -2.39. The zero-order valence-corrected chi connectivity index (χ0v) is 11.7. The van der Waals surface area contributed by atoms with E-state index in [0.29, 0.717) is 12.4 Å². The molecule has 1 aliphatic rings. The second-order valence-electron chi connectivity index (χ2n) is 5.24. The highest BCUT2D eigenvalue weighted by molar-refractivity contribution is 5.58. The molecular weight excluding hydrogens is 262 g/mol. The first-order chi connectivity index (χ1) is 9.45. The van der Waals surface area contributed by atoms with Crippen LogP contribution >= 0.6 is 0 Å². The lowest BCUT2D eigenvalue weighted by atomic mass is 10.0. The second kappa shape index (κ2) is 5.62. The van der Waals surface area contributed by atoms with Crippen molar-refractivity contribution in [2.24, 2.45) is 0 Å². The number of aromatic nitrogens is 1. The summed E-state index contributed by atoms with van der Waals surface area (Å²) in [6.45, 7) is 0.327. The van der Waals surface area contributed by atoms with Crippen LogP contribution < -0.4 is 9.64 Å². The summed E-state index contributed by atoms with van der Waals surface area (Å²) in [7, 11) is 3.16. The quantitative estimate of drug-likeness (QED) is 0.653. The van der Waals surface area contributed by atoms with Crippen molar-refractivity contribution in [1.82, 2.24) is 4.98 Å². The third kappa shape index (κ3) is 2.98. The Kier molecular flexibility index (Phi) is 4.08. The van der Waals surface area contributed by atoms with Crippen molar-refractivity contribution in [3.8, 4) is 5.88 Å². The summed E-state index contributed by atoms with van der Waals surface area (Å²) in [6.07, 6.45) is 3.40. The van der Waals surface area contributed by atoms with Crippen LogP contribution in [0.3, 0.4) is 0 Å². The van der Waals surface area contributed by atoms with Crippen molar-refractivity contribution in [1.29, 1.82) is 0 Å². The molecule has 1 N–H and O–H groups in total. The number of nitro groups is 1. The first-order valence-corrected chi connectivity index (χ1v) is 6.58. The number of rotatable bonds is 5. The summed E-state index contributed by atoms with van der Waals surface area (Å²) >= 11 is 0. The molecule has 1 aromatic heterocycles. The molecule has 1 heterocycles. The Morgan fingerprint density at radius 3 is 2.70 bits per heavy atom. The molecule has 7 nitrogen and oxygen atoms in total. The highest BCUT2D eigenvalue weighted by Crippen LogP contribution is 2.33. The van der Waals surface area contributed by atoms with Gasteiger partial charge in [0.25, 0.3) is 0 Å². The van der Waals surface area contributed by atoms with Crippen LogP contribution in [-0.2, 0) is 0 Å². The predicted octanol–water partition coefficient (Wildman–Crippen LogP) is 1.74. The molecule has 1 fully saturated rings. The molecule has 0 radical (unpaired) electrons. The van der Waals surface area contributed by atoms with Gasteiger partial charge in [0, 0.05) is 25.7 Å². The molecule has 0 spiro atoms. The van der Waals surface area contributed by atoms with E-state index < -0.39 is 10.5 Å². The first-order valence-electron chi connectivity index (χ1n) is 6.58. The zero-order chi connectivity index (χ0) is 14.8. The van der Waals surface area contributed by atoms with Crippen LogP contribution in [0.5, 0.6) is 5.88 Å². The molecule has 1 saturated carbocycles. The number of aliphatic hydroxyl groups is 1. The van der Waals surface area contributed by atoms with Gasteiger partial charge in [-0.15, -0.1) is 0 Å². The molecule has 0 aromatic carbocycles. The molecule has 7 heteroatoms. The van der Waals surface area contributed by atoms with E-state index in [9.17, 15) is 15.2 Å². The van der Waals surface area contributed by atoms with Gasteiger partial charge in [-0.2, -0.15) is 4.98 Å². The van der Waals surface area contributed by atoms with E-state index in [-0.39, 0.29) is 11.5 Å². The van der Waals surface area contributed by atoms with Gasteiger partial charge in [-0.25, -0.2) is 0 Å². The Hall–Kier alpha value is -1.89. The maximum atomic E-state index is 11.1. The zero-order valence-electron chi connectivity index (χ0n) is 11.7. The topological polar surface area (TPSA) is 88.7 Å². The molecule has 0 atom stereocenters. The van der Waals surface area contributed by atoms with E-state index in [4.69, 9.17) is 4.74 Å². The van der Waals surface area contributed by atoms with Gasteiger partial charge in [0.15, 0.2) is 0 Å². The Labute approximate surface area is 117 Å². The molecule has 2 rings (SSSR count). The van der Waals surface area contributed by atoms with Gasteiger partial charge in [-0.1, -0.05) is 12.8 Å². The number of methoxy groups -OCH3 is 1. The molecule has 0 aliphatic heterocycles. The number of hydrogen-bond donors (Lipinski definition) is 1. The minimum absolute atomic E-state index is 0.0881. The Balaban J connectivity index is 2.27. The van der Waals surface area contributed by atoms with E-state index in [1.54, 1.807) is 11.9 Å². The standard InChI is InChI=1S/C13H19N3O4/c1-15(9-13(17)7-3-4-8-13)12-10(16(18)19)5-6-11(14-12)20-2/h5-6,17H,3-4,7-9H2,1-2H3. The monoisotopic (exact) mass is 281 g/mol. The van der Waals surface area contributed by atoms with Crippen LogP contribution in [0.4, 0.5) is 11.5 Å². The average Bonchev–Trinajstić information content (AvgIpc) is 2.84. The number of anilines is 1. The van der Waals surface area contributed by atoms with Crippen molar-refractivity contribution in [2.75, 3.05) is 25.6 Å². The summed E-state index contributed by atoms with van der Waals surface area (Å²) in [6, 6.07) is 2.83. The van der Waals surface area contributed by atoms with Gasteiger partial charge < -0.3 is 14.7 Å². The molecule has 0 unspecified atom stereocenters. The summed E-state index contributed by atoms with van der Waals surface area (Å²) in [5.41, 5.74) is -0.872. The van der Waals surface area contributed by atoms with Crippen LogP contribution in [-0.4, -0.2) is 41.3 Å². The summed E-state index contributed by atoms with van der Waals surface area (Å²) < 4.78 is 5.01. The molecule has 1 aromatic rings. The van der Waals surface area contributed by atoms with Gasteiger partial charge in [-0.3, -0.25) is 10.1 Å². The summed E-state index contributed by atoms with van der Waals surface area (Å²) in [4.78, 5) is 16.4. The molecular formula is C13H19N3O4. The number of nitrogens with zero attached hydrogens (tertiary/aromatic N) is 3. The van der Waals surface area contributed by atoms with Crippen molar-refractivity contribution in [3.05, 3.63) is 22.2 Å². The molecule has 0 bridgehead atoms. The molecule has 110 valence electrons. The van der Waals surface area contributed by atoms with E-state index >= 15 is 0 Å². The normalized spacial score (nSPS) is 16.9. The van der Waals surface area contributed by atoms with E-state index in [2.05, 4.69) is 4.98 Å². The highest BCUT2D eigenvalue weighted by Gasteiger charge is 2.34. The third-order valence-corrected chi connectivity index (χ3v) is 3.66. The van der Waals surface area contributed by atoms with Crippen LogP contribution in [0.2, 0.25) is 0 Å². The highest BCUT2D eigenvalue weighted by atomic mass is 16.6. The number of hydrogen-bond acceptors (Lipinski definition) is 6. The lowest BCUT2D eigenvalue weighted by molar-refractivity contribution is -0.384. The van der Waals surface area contributed by atoms with Crippen LogP contribution in [0, 0.1) is 10.1 Å². The number of likely N-dealkylation sites (N-methyl/N-ethyl adjacent to an activating group) is 1. The maximum Gasteiger partial charge on any atom is 0.311 e. The SMILES string of the molecule is COc1ccc([N+](=O)[O-])c(N(C)CC2(O)CCCC2)n1. The predicted molar refractivity (Wildman–Crippen MR) is 74.1 cm³/mol. The Morgan fingerprint density at radius 1 is 1.50 bits per heavy atom. The van der Waals surface area contributed by atoms with Crippen molar-refractivity contribution >= 4 is 11.5 Å². The summed E-state index contributed by atoms with van der Waals surface area (Å²) in [5, 5.41) is 21.5. The minimum Gasteiger partial charge on any atom is -0.481 e. The maximum absolute atomic E-state index is 11.1. The molecule has 20 heavy (non-hydrogen) atoms. The second-order valence-corrected chi connectivity index (χ2v) is 5.24. The Bertz CT molecular complexity index is 500.